The summed E-state index contributed by atoms with van der Waals surface area (Å²) < 4.78 is 0. The third kappa shape index (κ3) is 8.40. The quantitative estimate of drug-likeness (QED) is 0.168. The second-order valence-corrected chi connectivity index (χ2v) is 5.99. The van der Waals surface area contributed by atoms with Crippen molar-refractivity contribution in [2.24, 2.45) is 5.73 Å². The van der Waals surface area contributed by atoms with E-state index < -0.39 is 60.2 Å². The molecule has 0 aliphatic rings. The van der Waals surface area contributed by atoms with E-state index in [1.54, 1.807) is 0 Å². The number of carboxylic acid groups (broad SMARTS) is 2. The molecule has 11 nitrogen and oxygen atoms in total. The lowest BCUT2D eigenvalue weighted by Crippen LogP contribution is -2.57. The van der Waals surface area contributed by atoms with Crippen LogP contribution in [0.2, 0.25) is 0 Å². The summed E-state index contributed by atoms with van der Waals surface area (Å²) in [5.74, 6) is -5.22. The summed E-state index contributed by atoms with van der Waals surface area (Å²) in [7, 11) is 0. The number of hydrogen-bond acceptors (Lipinski definition) is 8. The van der Waals surface area contributed by atoms with Crippen molar-refractivity contribution in [2.75, 3.05) is 11.5 Å². The zero-order valence-electron chi connectivity index (χ0n) is 13.8. The molecule has 0 radical (unpaired) electrons. The highest BCUT2D eigenvalue weighted by atomic mass is 32.1. The van der Waals surface area contributed by atoms with Crippen LogP contribution in [0.1, 0.15) is 13.3 Å². The minimum atomic E-state index is -1.33. The van der Waals surface area contributed by atoms with E-state index in [0.29, 0.717) is 0 Å². The van der Waals surface area contributed by atoms with Gasteiger partial charge in [-0.15, -0.1) is 0 Å². The van der Waals surface area contributed by atoms with E-state index >= 15 is 0 Å². The van der Waals surface area contributed by atoms with Crippen molar-refractivity contribution in [3.63, 3.8) is 0 Å². The van der Waals surface area contributed by atoms with Gasteiger partial charge in [0.05, 0.1) is 12.5 Å². The topological polar surface area (TPSA) is 188 Å². The van der Waals surface area contributed by atoms with Gasteiger partial charge in [-0.05, 0) is 6.92 Å². The SMILES string of the molecule is CC(NC(=O)C(N)CC(=O)O)C(=O)NC(CS)C(=O)NC(CS)C(=O)O. The Labute approximate surface area is 160 Å². The number of nitrogens with one attached hydrogen (secondary N) is 3. The standard InChI is InChI=1S/C13H22N4O7S2/c1-5(15-11(21)6(14)2-9(18)19)10(20)16-7(3-25)12(22)17-8(4-26)13(23)24/h5-8,25-26H,2-4,14H2,1H3,(H,15,21)(H,16,20)(H,17,22)(H,18,19)(H,23,24). The summed E-state index contributed by atoms with van der Waals surface area (Å²) in [6.07, 6.45) is -0.609. The number of hydrogen-bond donors (Lipinski definition) is 8. The molecule has 0 fully saturated rings. The molecule has 0 spiro atoms. The zero-order chi connectivity index (χ0) is 20.4. The summed E-state index contributed by atoms with van der Waals surface area (Å²) in [5.41, 5.74) is 5.38. The summed E-state index contributed by atoms with van der Waals surface area (Å²) >= 11 is 7.73. The first-order valence-corrected chi connectivity index (χ1v) is 8.62. The van der Waals surface area contributed by atoms with E-state index in [9.17, 15) is 24.0 Å². The van der Waals surface area contributed by atoms with Crippen LogP contribution in [0.4, 0.5) is 0 Å². The van der Waals surface area contributed by atoms with Crippen LogP contribution in [0.5, 0.6) is 0 Å². The highest BCUT2D eigenvalue weighted by Crippen LogP contribution is 1.96. The fraction of sp³-hybridized carbons (Fsp3) is 0.615. The first-order chi connectivity index (χ1) is 12.0. The first-order valence-electron chi connectivity index (χ1n) is 7.36. The van der Waals surface area contributed by atoms with E-state index in [0.717, 1.165) is 0 Å². The van der Waals surface area contributed by atoms with Gasteiger partial charge in [0.15, 0.2) is 0 Å². The third-order valence-electron chi connectivity index (χ3n) is 3.10. The summed E-state index contributed by atoms with van der Waals surface area (Å²) in [4.78, 5) is 57.2. The predicted molar refractivity (Wildman–Crippen MR) is 97.0 cm³/mol. The molecule has 0 aromatic carbocycles. The number of nitrogens with two attached hydrogens (primary N) is 1. The number of thiol groups is 2. The average Bonchev–Trinajstić information content (AvgIpc) is 2.55. The van der Waals surface area contributed by atoms with Crippen molar-refractivity contribution in [2.45, 2.75) is 37.5 Å². The minimum Gasteiger partial charge on any atom is -0.481 e. The molecule has 0 saturated heterocycles. The lowest BCUT2D eigenvalue weighted by Gasteiger charge is -2.22. The number of carbonyl (C=O) groups is 5. The van der Waals surface area contributed by atoms with E-state index in [1.165, 1.54) is 6.92 Å². The Hall–Kier alpha value is -1.99. The Morgan fingerprint density at radius 2 is 1.38 bits per heavy atom. The van der Waals surface area contributed by atoms with Gasteiger partial charge in [0, 0.05) is 11.5 Å². The van der Waals surface area contributed by atoms with Gasteiger partial charge in [-0.2, -0.15) is 25.3 Å². The maximum atomic E-state index is 12.1. The van der Waals surface area contributed by atoms with Gasteiger partial charge in [0.25, 0.3) is 0 Å². The smallest absolute Gasteiger partial charge is 0.327 e. The lowest BCUT2D eigenvalue weighted by atomic mass is 10.2. The molecule has 4 atom stereocenters. The number of rotatable bonds is 11. The van der Waals surface area contributed by atoms with Crippen LogP contribution in [-0.2, 0) is 24.0 Å². The summed E-state index contributed by atoms with van der Waals surface area (Å²) in [6, 6.07) is -4.84. The van der Waals surface area contributed by atoms with Crippen LogP contribution in [-0.4, -0.2) is 75.5 Å². The average molecular weight is 410 g/mol. The molecule has 7 N–H and O–H groups in total. The van der Waals surface area contributed by atoms with Gasteiger partial charge in [0.2, 0.25) is 17.7 Å². The van der Waals surface area contributed by atoms with Gasteiger partial charge in [-0.25, -0.2) is 4.79 Å². The highest BCUT2D eigenvalue weighted by molar-refractivity contribution is 7.80. The molecule has 0 aromatic rings. The highest BCUT2D eigenvalue weighted by Gasteiger charge is 2.27. The molecular formula is C13H22N4O7S2. The first kappa shape index (κ1) is 24.0. The Bertz CT molecular complexity index is 561. The molecule has 0 aliphatic heterocycles. The Balaban J connectivity index is 4.73. The van der Waals surface area contributed by atoms with Gasteiger partial charge < -0.3 is 31.9 Å². The number of carboxylic acids is 2. The van der Waals surface area contributed by atoms with Crippen molar-refractivity contribution in [3.8, 4) is 0 Å². The number of aliphatic carboxylic acids is 2. The monoisotopic (exact) mass is 410 g/mol. The third-order valence-corrected chi connectivity index (χ3v) is 3.83. The fourth-order valence-electron chi connectivity index (χ4n) is 1.62. The van der Waals surface area contributed by atoms with Gasteiger partial charge >= 0.3 is 11.9 Å². The maximum absolute atomic E-state index is 12.1. The maximum Gasteiger partial charge on any atom is 0.327 e. The molecule has 4 unspecified atom stereocenters. The molecule has 13 heteroatoms. The zero-order valence-corrected chi connectivity index (χ0v) is 15.6. The van der Waals surface area contributed by atoms with Crippen molar-refractivity contribution < 1.29 is 34.2 Å². The van der Waals surface area contributed by atoms with Crippen LogP contribution in [0, 0.1) is 0 Å². The van der Waals surface area contributed by atoms with Crippen LogP contribution in [0.15, 0.2) is 0 Å². The van der Waals surface area contributed by atoms with Crippen LogP contribution in [0.3, 0.4) is 0 Å². The summed E-state index contributed by atoms with van der Waals surface area (Å²) in [6.45, 7) is 1.31. The molecule has 0 bridgehead atoms. The molecule has 0 heterocycles. The lowest BCUT2D eigenvalue weighted by molar-refractivity contribution is -0.141. The fourth-order valence-corrected chi connectivity index (χ4v) is 2.12. The van der Waals surface area contributed by atoms with E-state index in [-0.39, 0.29) is 11.5 Å². The van der Waals surface area contributed by atoms with Crippen LogP contribution < -0.4 is 21.7 Å². The molecular weight excluding hydrogens is 388 g/mol. The molecule has 0 rings (SSSR count). The number of amides is 3. The normalized spacial score (nSPS) is 15.1. The molecule has 0 aliphatic carbocycles. The Morgan fingerprint density at radius 1 is 0.885 bits per heavy atom. The number of carbonyl (C=O) groups excluding carboxylic acids is 3. The molecule has 148 valence electrons. The molecule has 0 aromatic heterocycles. The van der Waals surface area contributed by atoms with Crippen molar-refractivity contribution in [1.82, 2.24) is 16.0 Å². The second kappa shape index (κ2) is 11.6. The Kier molecular flexibility index (Phi) is 10.7. The second-order valence-electron chi connectivity index (χ2n) is 5.26. The summed E-state index contributed by atoms with van der Waals surface area (Å²) in [5, 5.41) is 24.2. The van der Waals surface area contributed by atoms with E-state index in [2.05, 4.69) is 41.2 Å². The Morgan fingerprint density at radius 3 is 1.81 bits per heavy atom. The van der Waals surface area contributed by atoms with Crippen LogP contribution in [0.25, 0.3) is 0 Å². The van der Waals surface area contributed by atoms with Gasteiger partial charge in [-0.3, -0.25) is 19.2 Å². The van der Waals surface area contributed by atoms with Gasteiger partial charge in [0.1, 0.15) is 18.1 Å². The minimum absolute atomic E-state index is 0.129. The molecule has 0 saturated carbocycles. The molecule has 26 heavy (non-hydrogen) atoms. The van der Waals surface area contributed by atoms with E-state index in [4.69, 9.17) is 15.9 Å². The van der Waals surface area contributed by atoms with Crippen molar-refractivity contribution in [3.05, 3.63) is 0 Å². The van der Waals surface area contributed by atoms with E-state index in [1.807, 2.05) is 0 Å². The largest absolute Gasteiger partial charge is 0.481 e. The van der Waals surface area contributed by atoms with Gasteiger partial charge in [-0.1, -0.05) is 0 Å². The van der Waals surface area contributed by atoms with Crippen molar-refractivity contribution in [1.29, 1.82) is 0 Å². The van der Waals surface area contributed by atoms with Crippen molar-refractivity contribution >= 4 is 54.9 Å². The van der Waals surface area contributed by atoms with Crippen LogP contribution >= 0.6 is 25.3 Å². The predicted octanol–water partition coefficient (Wildman–Crippen LogP) is -2.79. The molecule has 3 amide bonds.